The fourth-order valence-corrected chi connectivity index (χ4v) is 1.18. The molecule has 68 valence electrons. The molecule has 12 heavy (non-hydrogen) atoms. The minimum atomic E-state index is -0.392. The Morgan fingerprint density at radius 3 is 2.42 bits per heavy atom. The smallest absolute Gasteiger partial charge is 0.220 e. The van der Waals surface area contributed by atoms with Crippen LogP contribution in [-0.4, -0.2) is 11.9 Å². The van der Waals surface area contributed by atoms with Crippen LogP contribution in [0.1, 0.15) is 26.7 Å². The predicted molar refractivity (Wildman–Crippen MR) is 46.2 cm³/mol. The number of rotatable bonds is 5. The largest absolute Gasteiger partial charge is 0.369 e. The second-order valence-corrected chi connectivity index (χ2v) is 2.60. The van der Waals surface area contributed by atoms with Gasteiger partial charge in [0.05, 0.1) is 0 Å². The van der Waals surface area contributed by atoms with Gasteiger partial charge in [0, 0.05) is 16.9 Å². The lowest BCUT2D eigenvalue weighted by atomic mass is 9.95. The van der Waals surface area contributed by atoms with E-state index < -0.39 is 5.91 Å². The monoisotopic (exact) mass is 170 g/mol. The minimum Gasteiger partial charge on any atom is -0.369 e. The molecule has 0 rings (SSSR count). The number of carbonyl (C=O) groups is 1. The van der Waals surface area contributed by atoms with E-state index in [-0.39, 0.29) is 12.0 Å². The third kappa shape index (κ3) is 2.80. The molecule has 0 aromatic heterocycles. The number of primary amides is 1. The number of hydrogen-bond donors (Lipinski definition) is 1. The second kappa shape index (κ2) is 5.43. The Hall–Kier alpha value is -1.22. The summed E-state index contributed by atoms with van der Waals surface area (Å²) in [5, 5.41) is 3.51. The molecule has 0 aliphatic carbocycles. The summed E-state index contributed by atoms with van der Waals surface area (Å²) < 4.78 is 0. The summed E-state index contributed by atoms with van der Waals surface area (Å²) in [5.74, 6) is -0.720. The predicted octanol–water partition coefficient (Wildman–Crippen LogP) is 1.59. The van der Waals surface area contributed by atoms with Gasteiger partial charge in [-0.2, -0.15) is 0 Å². The fraction of sp³-hybridized carbons (Fsp3) is 0.857. The van der Waals surface area contributed by atoms with Crippen LogP contribution in [0.5, 0.6) is 0 Å². The molecule has 0 aliphatic heterocycles. The van der Waals surface area contributed by atoms with Crippen LogP contribution < -0.4 is 5.73 Å². The molecule has 5 nitrogen and oxygen atoms in total. The highest BCUT2D eigenvalue weighted by molar-refractivity contribution is 5.77. The Morgan fingerprint density at radius 2 is 2.17 bits per heavy atom. The van der Waals surface area contributed by atoms with Gasteiger partial charge in [-0.15, -0.1) is 0 Å². The van der Waals surface area contributed by atoms with Crippen LogP contribution >= 0.6 is 0 Å². The van der Waals surface area contributed by atoms with Crippen LogP contribution in [0.2, 0.25) is 0 Å². The molecule has 0 bridgehead atoms. The van der Waals surface area contributed by atoms with E-state index in [2.05, 4.69) is 10.0 Å². The van der Waals surface area contributed by atoms with E-state index >= 15 is 0 Å². The van der Waals surface area contributed by atoms with E-state index in [0.717, 1.165) is 0 Å². The standard InChI is InChI=1S/C7H14N4O/c1-3-5(7(8)12)6(4-2)10-11-9/h5-6H,3-4H2,1-2H3,(H2,8,12). The SMILES string of the molecule is CCC(N=[N+]=[N-])C(CC)C(N)=O. The van der Waals surface area contributed by atoms with E-state index in [0.29, 0.717) is 12.8 Å². The lowest BCUT2D eigenvalue weighted by molar-refractivity contribution is -0.122. The van der Waals surface area contributed by atoms with Crippen molar-refractivity contribution in [3.05, 3.63) is 10.4 Å². The molecule has 0 aromatic rings. The van der Waals surface area contributed by atoms with Gasteiger partial charge in [-0.25, -0.2) is 0 Å². The summed E-state index contributed by atoms with van der Waals surface area (Å²) in [6.45, 7) is 3.72. The summed E-state index contributed by atoms with van der Waals surface area (Å²) >= 11 is 0. The first-order chi connectivity index (χ1) is 5.67. The maximum absolute atomic E-state index is 10.8. The third-order valence-corrected chi connectivity index (χ3v) is 1.89. The van der Waals surface area contributed by atoms with Gasteiger partial charge in [0.15, 0.2) is 0 Å². The van der Waals surface area contributed by atoms with Crippen LogP contribution in [0, 0.1) is 5.92 Å². The minimum absolute atomic E-state index is 0.294. The first-order valence-corrected chi connectivity index (χ1v) is 4.00. The Balaban J connectivity index is 4.43. The lowest BCUT2D eigenvalue weighted by Gasteiger charge is -2.16. The number of carbonyl (C=O) groups excluding carboxylic acids is 1. The zero-order valence-electron chi connectivity index (χ0n) is 7.40. The van der Waals surface area contributed by atoms with E-state index in [4.69, 9.17) is 11.3 Å². The Kier molecular flexibility index (Phi) is 4.88. The van der Waals surface area contributed by atoms with E-state index in [1.165, 1.54) is 0 Å². The highest BCUT2D eigenvalue weighted by atomic mass is 16.1. The van der Waals surface area contributed by atoms with Crippen molar-refractivity contribution < 1.29 is 4.79 Å². The molecule has 0 spiro atoms. The van der Waals surface area contributed by atoms with Crippen LogP contribution in [0.3, 0.4) is 0 Å². The van der Waals surface area contributed by atoms with E-state index in [1.54, 1.807) is 0 Å². The molecule has 0 aliphatic rings. The van der Waals surface area contributed by atoms with Gasteiger partial charge in [-0.1, -0.05) is 19.0 Å². The van der Waals surface area contributed by atoms with Crippen molar-refractivity contribution in [3.63, 3.8) is 0 Å². The summed E-state index contributed by atoms with van der Waals surface area (Å²) in [6, 6.07) is -0.294. The molecule has 2 unspecified atom stereocenters. The Morgan fingerprint density at radius 1 is 1.58 bits per heavy atom. The van der Waals surface area contributed by atoms with Gasteiger partial charge < -0.3 is 5.73 Å². The molecule has 1 amide bonds. The molecule has 0 fully saturated rings. The maximum Gasteiger partial charge on any atom is 0.220 e. The number of amides is 1. The first-order valence-electron chi connectivity index (χ1n) is 4.00. The van der Waals surface area contributed by atoms with Gasteiger partial charge >= 0.3 is 0 Å². The van der Waals surface area contributed by atoms with Gasteiger partial charge in [0.25, 0.3) is 0 Å². The summed E-state index contributed by atoms with van der Waals surface area (Å²) in [4.78, 5) is 13.5. The van der Waals surface area contributed by atoms with Crippen molar-refractivity contribution in [2.45, 2.75) is 32.7 Å². The zero-order valence-corrected chi connectivity index (χ0v) is 7.40. The van der Waals surface area contributed by atoms with Crippen molar-refractivity contribution in [2.75, 3.05) is 0 Å². The third-order valence-electron chi connectivity index (χ3n) is 1.89. The van der Waals surface area contributed by atoms with Gasteiger partial charge in [0.2, 0.25) is 5.91 Å². The van der Waals surface area contributed by atoms with Crippen molar-refractivity contribution in [1.82, 2.24) is 0 Å². The van der Waals surface area contributed by atoms with Gasteiger partial charge in [0.1, 0.15) is 0 Å². The van der Waals surface area contributed by atoms with Crippen molar-refractivity contribution in [1.29, 1.82) is 0 Å². The summed E-state index contributed by atoms with van der Waals surface area (Å²) in [7, 11) is 0. The molecule has 0 saturated heterocycles. The summed E-state index contributed by atoms with van der Waals surface area (Å²) in [5.41, 5.74) is 13.3. The first kappa shape index (κ1) is 10.8. The van der Waals surface area contributed by atoms with Crippen LogP contribution in [0.25, 0.3) is 10.4 Å². The molecule has 0 radical (unpaired) electrons. The van der Waals surface area contributed by atoms with Crippen LogP contribution in [0.15, 0.2) is 5.11 Å². The Labute approximate surface area is 71.6 Å². The average molecular weight is 170 g/mol. The number of hydrogen-bond acceptors (Lipinski definition) is 2. The maximum atomic E-state index is 10.8. The molecule has 5 heteroatoms. The topological polar surface area (TPSA) is 91.8 Å². The fourth-order valence-electron chi connectivity index (χ4n) is 1.18. The Bertz CT molecular complexity index is 190. The number of nitrogens with two attached hydrogens (primary N) is 1. The molecule has 2 N–H and O–H groups in total. The number of nitrogens with zero attached hydrogens (tertiary/aromatic N) is 3. The van der Waals surface area contributed by atoms with Gasteiger partial charge in [-0.3, -0.25) is 4.79 Å². The lowest BCUT2D eigenvalue weighted by Crippen LogP contribution is -2.31. The average Bonchev–Trinajstić information content (AvgIpc) is 2.03. The molecular weight excluding hydrogens is 156 g/mol. The van der Waals surface area contributed by atoms with Crippen molar-refractivity contribution in [3.8, 4) is 0 Å². The van der Waals surface area contributed by atoms with E-state index in [9.17, 15) is 4.79 Å². The van der Waals surface area contributed by atoms with Crippen LogP contribution in [0.4, 0.5) is 0 Å². The van der Waals surface area contributed by atoms with Gasteiger partial charge in [-0.05, 0) is 18.4 Å². The van der Waals surface area contributed by atoms with Crippen LogP contribution in [-0.2, 0) is 4.79 Å². The highest BCUT2D eigenvalue weighted by Crippen LogP contribution is 2.14. The highest BCUT2D eigenvalue weighted by Gasteiger charge is 2.21. The van der Waals surface area contributed by atoms with E-state index in [1.807, 2.05) is 13.8 Å². The quantitative estimate of drug-likeness (QED) is 0.378. The molecule has 2 atom stereocenters. The number of azide groups is 1. The molecule has 0 saturated carbocycles. The van der Waals surface area contributed by atoms with Crippen molar-refractivity contribution >= 4 is 5.91 Å². The second-order valence-electron chi connectivity index (χ2n) is 2.60. The zero-order chi connectivity index (χ0) is 9.56. The summed E-state index contributed by atoms with van der Waals surface area (Å²) in [6.07, 6.45) is 1.26. The molecular formula is C7H14N4O. The molecule has 0 heterocycles. The normalized spacial score (nSPS) is 14.5. The molecule has 0 aromatic carbocycles. The van der Waals surface area contributed by atoms with Crippen molar-refractivity contribution in [2.24, 2.45) is 16.8 Å².